The zero-order valence-electron chi connectivity index (χ0n) is 16.1. The van der Waals surface area contributed by atoms with Gasteiger partial charge in [0.1, 0.15) is 0 Å². The minimum Gasteiger partial charge on any atom is -0.297 e. The van der Waals surface area contributed by atoms with Crippen LogP contribution in [-0.4, -0.2) is 59.4 Å². The zero-order valence-corrected chi connectivity index (χ0v) is 16.1. The number of allylic oxidation sites excluding steroid dienone is 2. The maximum Gasteiger partial charge on any atom is 0.416 e. The summed E-state index contributed by atoms with van der Waals surface area (Å²) in [6, 6.07) is 5.43. The summed E-state index contributed by atoms with van der Waals surface area (Å²) in [5.74, 6) is -0.573. The molecule has 0 N–H and O–H groups in total. The molecule has 1 aliphatic carbocycles. The van der Waals surface area contributed by atoms with Crippen molar-refractivity contribution in [3.63, 3.8) is 0 Å². The largest absolute Gasteiger partial charge is 0.416 e. The highest BCUT2D eigenvalue weighted by atomic mass is 19.4. The number of imide groups is 1. The highest BCUT2D eigenvalue weighted by Crippen LogP contribution is 2.35. The number of fused-ring (bicyclic) bond motifs is 1. The van der Waals surface area contributed by atoms with Crippen LogP contribution in [0.1, 0.15) is 24.0 Å². The van der Waals surface area contributed by atoms with Crippen LogP contribution in [0.15, 0.2) is 36.4 Å². The monoisotopic (exact) mass is 407 g/mol. The maximum absolute atomic E-state index is 12.9. The SMILES string of the molecule is O=C1[C@H]2CC=CC[C@H]2C(=O)N1CN1CCN(Cc2cccc(C(F)(F)F)c2)CC1. The lowest BCUT2D eigenvalue weighted by molar-refractivity contribution is -0.143. The molecule has 1 aromatic rings. The van der Waals surface area contributed by atoms with Gasteiger partial charge >= 0.3 is 6.18 Å². The first kappa shape index (κ1) is 20.1. The van der Waals surface area contributed by atoms with Crippen LogP contribution in [0, 0.1) is 11.8 Å². The Morgan fingerprint density at radius 3 is 2.07 bits per heavy atom. The summed E-state index contributed by atoms with van der Waals surface area (Å²) in [6.07, 6.45) is 0.883. The molecule has 8 heteroatoms. The third kappa shape index (κ3) is 4.23. The Labute approximate surface area is 167 Å². The van der Waals surface area contributed by atoms with Crippen LogP contribution < -0.4 is 0 Å². The molecule has 2 aliphatic heterocycles. The van der Waals surface area contributed by atoms with E-state index >= 15 is 0 Å². The molecule has 5 nitrogen and oxygen atoms in total. The van der Waals surface area contributed by atoms with Crippen molar-refractivity contribution in [2.24, 2.45) is 11.8 Å². The molecule has 2 fully saturated rings. The van der Waals surface area contributed by atoms with Crippen molar-refractivity contribution in [1.29, 1.82) is 0 Å². The molecule has 2 atom stereocenters. The maximum atomic E-state index is 12.9. The van der Waals surface area contributed by atoms with Crippen LogP contribution in [0.2, 0.25) is 0 Å². The van der Waals surface area contributed by atoms with Crippen LogP contribution >= 0.6 is 0 Å². The second-order valence-electron chi connectivity index (χ2n) is 7.99. The number of hydrogen-bond donors (Lipinski definition) is 0. The van der Waals surface area contributed by atoms with Gasteiger partial charge in [0.25, 0.3) is 0 Å². The Balaban J connectivity index is 1.30. The summed E-state index contributed by atoms with van der Waals surface area (Å²) >= 11 is 0. The Bertz CT molecular complexity index is 790. The van der Waals surface area contributed by atoms with Crippen LogP contribution in [-0.2, 0) is 22.3 Å². The number of carbonyl (C=O) groups excluding carboxylic acids is 2. The minimum absolute atomic E-state index is 0.0734. The van der Waals surface area contributed by atoms with Crippen molar-refractivity contribution in [2.75, 3.05) is 32.8 Å². The Hall–Kier alpha value is -2.19. The molecule has 0 radical (unpaired) electrons. The molecule has 0 aromatic heterocycles. The van der Waals surface area contributed by atoms with Gasteiger partial charge in [-0.05, 0) is 24.5 Å². The third-order valence-corrected chi connectivity index (χ3v) is 6.07. The predicted molar refractivity (Wildman–Crippen MR) is 100 cm³/mol. The molecule has 1 aromatic carbocycles. The van der Waals surface area contributed by atoms with Gasteiger partial charge in [-0.25, -0.2) is 0 Å². The normalized spacial score (nSPS) is 26.2. The molecule has 2 heterocycles. The highest BCUT2D eigenvalue weighted by Gasteiger charge is 2.47. The average Bonchev–Trinajstić information content (AvgIpc) is 2.94. The van der Waals surface area contributed by atoms with E-state index < -0.39 is 11.7 Å². The van der Waals surface area contributed by atoms with E-state index in [1.165, 1.54) is 17.0 Å². The molecule has 29 heavy (non-hydrogen) atoms. The molecule has 0 spiro atoms. The zero-order chi connectivity index (χ0) is 20.6. The third-order valence-electron chi connectivity index (χ3n) is 6.07. The molecule has 0 bridgehead atoms. The van der Waals surface area contributed by atoms with E-state index in [1.54, 1.807) is 6.07 Å². The number of benzene rings is 1. The molecule has 2 amide bonds. The van der Waals surface area contributed by atoms with Gasteiger partial charge in [-0.2, -0.15) is 13.2 Å². The number of halogens is 3. The van der Waals surface area contributed by atoms with Gasteiger partial charge in [0.05, 0.1) is 24.1 Å². The molecule has 0 unspecified atom stereocenters. The summed E-state index contributed by atoms with van der Waals surface area (Å²) in [4.78, 5) is 30.7. The van der Waals surface area contributed by atoms with E-state index in [4.69, 9.17) is 0 Å². The summed E-state index contributed by atoms with van der Waals surface area (Å²) in [7, 11) is 0. The Morgan fingerprint density at radius 1 is 0.897 bits per heavy atom. The standard InChI is InChI=1S/C21H24F3N3O2/c22-21(23,24)16-5-3-4-15(12-16)13-25-8-10-26(11-9-25)14-27-19(28)17-6-1-2-7-18(17)20(27)29/h1-5,12,17-18H,6-11,13-14H2/t17-,18+. The van der Waals surface area contributed by atoms with Crippen LogP contribution in [0.3, 0.4) is 0 Å². The van der Waals surface area contributed by atoms with Crippen molar-refractivity contribution < 1.29 is 22.8 Å². The smallest absolute Gasteiger partial charge is 0.297 e. The first-order valence-corrected chi connectivity index (χ1v) is 9.94. The Kier molecular flexibility index (Phi) is 5.48. The number of alkyl halides is 3. The van der Waals surface area contributed by atoms with Crippen LogP contribution in [0.25, 0.3) is 0 Å². The number of hydrogen-bond acceptors (Lipinski definition) is 4. The van der Waals surface area contributed by atoms with E-state index in [0.29, 0.717) is 57.8 Å². The lowest BCUT2D eigenvalue weighted by atomic mass is 9.85. The fourth-order valence-corrected chi connectivity index (χ4v) is 4.40. The van der Waals surface area contributed by atoms with Crippen LogP contribution in [0.4, 0.5) is 13.2 Å². The summed E-state index contributed by atoms with van der Waals surface area (Å²) in [5, 5.41) is 0. The number of likely N-dealkylation sites (tertiary alicyclic amines) is 1. The van der Waals surface area contributed by atoms with Crippen molar-refractivity contribution in [1.82, 2.24) is 14.7 Å². The first-order valence-electron chi connectivity index (χ1n) is 9.94. The van der Waals surface area contributed by atoms with Crippen molar-refractivity contribution in [3.05, 3.63) is 47.5 Å². The highest BCUT2D eigenvalue weighted by molar-refractivity contribution is 6.05. The molecule has 2 saturated heterocycles. The molecule has 156 valence electrons. The topological polar surface area (TPSA) is 43.9 Å². The van der Waals surface area contributed by atoms with E-state index in [2.05, 4.69) is 9.80 Å². The fourth-order valence-electron chi connectivity index (χ4n) is 4.40. The molecule has 3 aliphatic rings. The molecular formula is C21H24F3N3O2. The number of piperazine rings is 1. The van der Waals surface area contributed by atoms with Crippen molar-refractivity contribution in [3.8, 4) is 0 Å². The number of carbonyl (C=O) groups is 2. The van der Waals surface area contributed by atoms with E-state index in [9.17, 15) is 22.8 Å². The van der Waals surface area contributed by atoms with E-state index in [1.807, 2.05) is 12.2 Å². The Morgan fingerprint density at radius 2 is 1.48 bits per heavy atom. The fraction of sp³-hybridized carbons (Fsp3) is 0.524. The second kappa shape index (κ2) is 7.91. The molecule has 4 rings (SSSR count). The molecular weight excluding hydrogens is 383 g/mol. The lowest BCUT2D eigenvalue weighted by Gasteiger charge is -2.36. The number of nitrogens with zero attached hydrogens (tertiary/aromatic N) is 3. The van der Waals surface area contributed by atoms with Gasteiger partial charge in [0, 0.05) is 32.7 Å². The quantitative estimate of drug-likeness (QED) is 0.569. The minimum atomic E-state index is -4.34. The van der Waals surface area contributed by atoms with Gasteiger partial charge in [-0.15, -0.1) is 0 Å². The van der Waals surface area contributed by atoms with Crippen molar-refractivity contribution in [2.45, 2.75) is 25.6 Å². The second-order valence-corrected chi connectivity index (χ2v) is 7.99. The van der Waals surface area contributed by atoms with Crippen LogP contribution in [0.5, 0.6) is 0 Å². The van der Waals surface area contributed by atoms with Gasteiger partial charge in [-0.1, -0.05) is 30.4 Å². The molecule has 0 saturated carbocycles. The number of amides is 2. The van der Waals surface area contributed by atoms with Gasteiger partial charge in [0.2, 0.25) is 11.8 Å². The van der Waals surface area contributed by atoms with Gasteiger partial charge < -0.3 is 0 Å². The summed E-state index contributed by atoms with van der Waals surface area (Å²) in [5.41, 5.74) is 0.00500. The lowest BCUT2D eigenvalue weighted by Crippen LogP contribution is -2.51. The first-order chi connectivity index (χ1) is 13.8. The van der Waals surface area contributed by atoms with E-state index in [-0.39, 0.29) is 23.7 Å². The van der Waals surface area contributed by atoms with Gasteiger partial charge in [0.15, 0.2) is 0 Å². The predicted octanol–water partition coefficient (Wildman–Crippen LogP) is 2.73. The summed E-state index contributed by atoms with van der Waals surface area (Å²) in [6.45, 7) is 3.46. The van der Waals surface area contributed by atoms with Crippen molar-refractivity contribution >= 4 is 11.8 Å². The number of rotatable bonds is 4. The van der Waals surface area contributed by atoms with E-state index in [0.717, 1.165) is 6.07 Å². The van der Waals surface area contributed by atoms with Gasteiger partial charge in [-0.3, -0.25) is 24.3 Å². The summed E-state index contributed by atoms with van der Waals surface area (Å²) < 4.78 is 38.6. The average molecular weight is 407 g/mol.